The van der Waals surface area contributed by atoms with Crippen molar-refractivity contribution < 1.29 is 0 Å². The first-order valence-electron chi connectivity index (χ1n) is 7.09. The molecule has 2 heterocycles. The lowest BCUT2D eigenvalue weighted by Gasteiger charge is -2.22. The number of nitrogens with one attached hydrogen (secondary N) is 1. The molecule has 1 N–H and O–H groups in total. The third-order valence-corrected chi connectivity index (χ3v) is 4.17. The van der Waals surface area contributed by atoms with Crippen molar-refractivity contribution in [2.24, 2.45) is 5.92 Å². The summed E-state index contributed by atoms with van der Waals surface area (Å²) >= 11 is 0. The zero-order chi connectivity index (χ0) is 12.4. The van der Waals surface area contributed by atoms with Gasteiger partial charge in [0.1, 0.15) is 0 Å². The number of rotatable bonds is 3. The van der Waals surface area contributed by atoms with E-state index >= 15 is 0 Å². The maximum Gasteiger partial charge on any atom is 0.0482 e. The number of fused-ring (bicyclic) bond motifs is 1. The van der Waals surface area contributed by atoms with Gasteiger partial charge >= 0.3 is 0 Å². The molecule has 1 aliphatic heterocycles. The Bertz CT molecular complexity index is 521. The lowest BCUT2D eigenvalue weighted by molar-refractivity contribution is 0.339. The molecule has 2 aromatic rings. The SMILES string of the molecule is Cc1ccc2ccn(CCC3CCNCC3)c2c1. The molecule has 1 aromatic heterocycles. The standard InChI is InChI=1S/C16H22N2/c1-13-2-3-15-7-11-18(16(15)12-13)10-6-14-4-8-17-9-5-14/h2-3,7,11-12,14,17H,4-6,8-10H2,1H3. The molecule has 2 heteroatoms. The van der Waals surface area contributed by atoms with Crippen molar-refractivity contribution in [2.75, 3.05) is 13.1 Å². The quantitative estimate of drug-likeness (QED) is 0.873. The van der Waals surface area contributed by atoms with Gasteiger partial charge in [0, 0.05) is 18.3 Å². The second kappa shape index (κ2) is 5.15. The average Bonchev–Trinajstić information content (AvgIpc) is 2.80. The van der Waals surface area contributed by atoms with Gasteiger partial charge in [0.15, 0.2) is 0 Å². The average molecular weight is 242 g/mol. The molecule has 0 bridgehead atoms. The normalized spacial score (nSPS) is 17.4. The summed E-state index contributed by atoms with van der Waals surface area (Å²) < 4.78 is 2.42. The van der Waals surface area contributed by atoms with Crippen LogP contribution in [0, 0.1) is 12.8 Å². The first-order chi connectivity index (χ1) is 8.83. The van der Waals surface area contributed by atoms with E-state index in [-0.39, 0.29) is 0 Å². The number of aryl methyl sites for hydroxylation is 2. The Morgan fingerprint density at radius 1 is 1.22 bits per heavy atom. The summed E-state index contributed by atoms with van der Waals surface area (Å²) in [6.07, 6.45) is 6.25. The van der Waals surface area contributed by atoms with Crippen LogP contribution in [0.25, 0.3) is 10.9 Å². The summed E-state index contributed by atoms with van der Waals surface area (Å²) in [6.45, 7) is 5.74. The van der Waals surface area contributed by atoms with E-state index in [2.05, 4.69) is 47.3 Å². The molecule has 0 aliphatic carbocycles. The minimum absolute atomic E-state index is 0.911. The Morgan fingerprint density at radius 3 is 2.89 bits per heavy atom. The highest BCUT2D eigenvalue weighted by atomic mass is 15.0. The predicted molar refractivity (Wildman–Crippen MR) is 76.9 cm³/mol. The van der Waals surface area contributed by atoms with E-state index in [4.69, 9.17) is 0 Å². The highest BCUT2D eigenvalue weighted by Gasteiger charge is 2.13. The summed E-state index contributed by atoms with van der Waals surface area (Å²) in [5.41, 5.74) is 2.74. The van der Waals surface area contributed by atoms with Gasteiger partial charge in [-0.25, -0.2) is 0 Å². The molecule has 0 spiro atoms. The molecule has 0 unspecified atom stereocenters. The second-order valence-electron chi connectivity index (χ2n) is 5.55. The van der Waals surface area contributed by atoms with Crippen LogP contribution in [-0.2, 0) is 6.54 Å². The van der Waals surface area contributed by atoms with Crippen molar-refractivity contribution in [1.82, 2.24) is 9.88 Å². The van der Waals surface area contributed by atoms with Gasteiger partial charge in [-0.2, -0.15) is 0 Å². The predicted octanol–water partition coefficient (Wildman–Crippen LogP) is 3.34. The minimum Gasteiger partial charge on any atom is -0.347 e. The van der Waals surface area contributed by atoms with E-state index in [1.54, 1.807) is 0 Å². The molecule has 1 aliphatic rings. The third kappa shape index (κ3) is 2.44. The van der Waals surface area contributed by atoms with E-state index in [0.29, 0.717) is 0 Å². The number of nitrogens with zero attached hydrogens (tertiary/aromatic N) is 1. The molecule has 1 fully saturated rings. The number of piperidine rings is 1. The Hall–Kier alpha value is -1.28. The smallest absolute Gasteiger partial charge is 0.0482 e. The van der Waals surface area contributed by atoms with Crippen LogP contribution >= 0.6 is 0 Å². The van der Waals surface area contributed by atoms with Crippen LogP contribution in [0.5, 0.6) is 0 Å². The van der Waals surface area contributed by atoms with Gasteiger partial charge in [-0.15, -0.1) is 0 Å². The summed E-state index contributed by atoms with van der Waals surface area (Å²) in [5.74, 6) is 0.911. The summed E-state index contributed by atoms with van der Waals surface area (Å²) in [4.78, 5) is 0. The largest absolute Gasteiger partial charge is 0.347 e. The molecular formula is C16H22N2. The Labute approximate surface area is 109 Å². The van der Waals surface area contributed by atoms with Crippen LogP contribution < -0.4 is 5.32 Å². The van der Waals surface area contributed by atoms with Gasteiger partial charge in [0.25, 0.3) is 0 Å². The summed E-state index contributed by atoms with van der Waals surface area (Å²) in [5, 5.41) is 4.80. The van der Waals surface area contributed by atoms with Gasteiger partial charge < -0.3 is 9.88 Å². The zero-order valence-electron chi connectivity index (χ0n) is 11.2. The number of hydrogen-bond donors (Lipinski definition) is 1. The molecule has 0 saturated carbocycles. The molecule has 0 atom stereocenters. The first-order valence-corrected chi connectivity index (χ1v) is 7.09. The molecule has 0 amide bonds. The molecule has 3 rings (SSSR count). The van der Waals surface area contributed by atoms with Crippen LogP contribution in [0.4, 0.5) is 0 Å². The van der Waals surface area contributed by atoms with Crippen LogP contribution in [0.2, 0.25) is 0 Å². The summed E-state index contributed by atoms with van der Waals surface area (Å²) in [7, 11) is 0. The molecule has 2 nitrogen and oxygen atoms in total. The van der Waals surface area contributed by atoms with Gasteiger partial charge in [0.05, 0.1) is 0 Å². The van der Waals surface area contributed by atoms with Crippen LogP contribution in [-0.4, -0.2) is 17.7 Å². The Morgan fingerprint density at radius 2 is 2.06 bits per heavy atom. The highest BCUT2D eigenvalue weighted by Crippen LogP contribution is 2.21. The molecule has 1 saturated heterocycles. The fraction of sp³-hybridized carbons (Fsp3) is 0.500. The zero-order valence-corrected chi connectivity index (χ0v) is 11.2. The van der Waals surface area contributed by atoms with E-state index in [0.717, 1.165) is 12.5 Å². The van der Waals surface area contributed by atoms with Crippen molar-refractivity contribution in [2.45, 2.75) is 32.7 Å². The maximum atomic E-state index is 3.44. The molecule has 0 radical (unpaired) electrons. The Balaban J connectivity index is 1.72. The van der Waals surface area contributed by atoms with E-state index < -0.39 is 0 Å². The van der Waals surface area contributed by atoms with E-state index in [1.165, 1.54) is 48.8 Å². The number of hydrogen-bond acceptors (Lipinski definition) is 1. The lowest BCUT2D eigenvalue weighted by Crippen LogP contribution is -2.28. The van der Waals surface area contributed by atoms with Crippen molar-refractivity contribution in [3.05, 3.63) is 36.0 Å². The van der Waals surface area contributed by atoms with Gasteiger partial charge in [0.2, 0.25) is 0 Å². The van der Waals surface area contributed by atoms with E-state index in [1.807, 2.05) is 0 Å². The monoisotopic (exact) mass is 242 g/mol. The van der Waals surface area contributed by atoms with Gasteiger partial charge in [-0.05, 0) is 68.3 Å². The van der Waals surface area contributed by atoms with Gasteiger partial charge in [-0.3, -0.25) is 0 Å². The Kier molecular flexibility index (Phi) is 3.37. The van der Waals surface area contributed by atoms with Crippen LogP contribution in [0.15, 0.2) is 30.5 Å². The fourth-order valence-electron chi connectivity index (χ4n) is 2.98. The number of benzene rings is 1. The van der Waals surface area contributed by atoms with Crippen molar-refractivity contribution in [1.29, 1.82) is 0 Å². The second-order valence-corrected chi connectivity index (χ2v) is 5.55. The summed E-state index contributed by atoms with van der Waals surface area (Å²) in [6, 6.07) is 8.96. The van der Waals surface area contributed by atoms with Crippen molar-refractivity contribution >= 4 is 10.9 Å². The first kappa shape index (κ1) is 11.8. The molecule has 96 valence electrons. The fourth-order valence-corrected chi connectivity index (χ4v) is 2.98. The highest BCUT2D eigenvalue weighted by molar-refractivity contribution is 5.80. The number of aromatic nitrogens is 1. The molecule has 1 aromatic carbocycles. The maximum absolute atomic E-state index is 3.44. The molecular weight excluding hydrogens is 220 g/mol. The van der Waals surface area contributed by atoms with Crippen molar-refractivity contribution in [3.63, 3.8) is 0 Å². The topological polar surface area (TPSA) is 17.0 Å². The van der Waals surface area contributed by atoms with Gasteiger partial charge in [-0.1, -0.05) is 12.1 Å². The van der Waals surface area contributed by atoms with E-state index in [9.17, 15) is 0 Å². The lowest BCUT2D eigenvalue weighted by atomic mass is 9.95. The van der Waals surface area contributed by atoms with Crippen LogP contribution in [0.3, 0.4) is 0 Å². The third-order valence-electron chi connectivity index (χ3n) is 4.17. The molecule has 18 heavy (non-hydrogen) atoms. The van der Waals surface area contributed by atoms with Crippen LogP contribution in [0.1, 0.15) is 24.8 Å². The minimum atomic E-state index is 0.911. The van der Waals surface area contributed by atoms with Crippen molar-refractivity contribution in [3.8, 4) is 0 Å².